The maximum Gasteiger partial charge on any atom is 0.213 e. The minimum Gasteiger partial charge on any atom is -0.392 e. The molecule has 0 fully saturated rings. The Balaban J connectivity index is -0.0000000555. The van der Waals surface area contributed by atoms with Crippen molar-refractivity contribution in [2.24, 2.45) is 0 Å². The van der Waals surface area contributed by atoms with Gasteiger partial charge in [0.15, 0.2) is 17.2 Å². The van der Waals surface area contributed by atoms with Gasteiger partial charge in [0.05, 0.1) is 6.61 Å². The second-order valence-electron chi connectivity index (χ2n) is 1.76. The van der Waals surface area contributed by atoms with E-state index in [4.69, 9.17) is 179 Å². The monoisotopic (exact) mass is 620 g/mol. The highest BCUT2D eigenvalue weighted by molar-refractivity contribution is 6.67. The van der Waals surface area contributed by atoms with Crippen molar-refractivity contribution in [3.05, 3.63) is 0 Å². The summed E-state index contributed by atoms with van der Waals surface area (Å²) in [7, 11) is 0. The summed E-state index contributed by atoms with van der Waals surface area (Å²) in [6.45, 7) is -0.433. The fourth-order valence-corrected chi connectivity index (χ4v) is 0. The minimum atomic E-state index is -1.49. The van der Waals surface area contributed by atoms with E-state index in [2.05, 4.69) is 0 Å². The molecule has 1 nitrogen and oxygen atoms in total. The van der Waals surface area contributed by atoms with Crippen LogP contribution in [0.5, 0.6) is 0 Å². The van der Waals surface area contributed by atoms with Gasteiger partial charge in [0.1, 0.15) is 0 Å². The number of rotatable bonds is 0. The molecule has 142 valence electrons. The molecule has 16 heteroatoms. The molecule has 0 aliphatic carbocycles. The van der Waals surface area contributed by atoms with Crippen molar-refractivity contribution in [2.75, 3.05) is 6.61 Å². The summed E-state index contributed by atoms with van der Waals surface area (Å²) < 4.78 is -4.49. The van der Waals surface area contributed by atoms with E-state index in [9.17, 15) is 0 Å². The molecule has 0 aromatic heterocycles. The quantitative estimate of drug-likeness (QED) is 0.266. The summed E-state index contributed by atoms with van der Waals surface area (Å²) in [6, 6.07) is 0. The molecule has 0 saturated heterocycles. The van der Waals surface area contributed by atoms with Gasteiger partial charge < -0.3 is 5.11 Å². The smallest absolute Gasteiger partial charge is 0.213 e. The highest BCUT2D eigenvalue weighted by atomic mass is 35.6. The second kappa shape index (κ2) is 27.5. The average molecular weight is 627 g/mol. The number of hydrogen-bond donors (Lipinski definition) is 1. The zero-order chi connectivity index (χ0) is 19.5. The fourth-order valence-electron chi connectivity index (χ4n) is 0. The van der Waals surface area contributed by atoms with Crippen LogP contribution in [0.3, 0.4) is 0 Å². The first-order valence-electron chi connectivity index (χ1n) is 3.86. The number of hydrogen-bond acceptors (Lipinski definition) is 1. The molecule has 0 aliphatic rings. The molecule has 0 aliphatic heterocycles. The second-order valence-corrected chi connectivity index (χ2v) is 12.2. The molecule has 1 N–H and O–H groups in total. The lowest BCUT2D eigenvalue weighted by Gasteiger charge is -2.01. The predicted molar refractivity (Wildman–Crippen MR) is 113 cm³/mol. The van der Waals surface area contributed by atoms with Crippen LogP contribution in [0.4, 0.5) is 0 Å². The minimum absolute atomic E-state index is 0.433. The van der Waals surface area contributed by atoms with Crippen molar-refractivity contribution in [3.8, 4) is 0 Å². The van der Waals surface area contributed by atoms with Gasteiger partial charge in [0.25, 0.3) is 0 Å². The Kier molecular flexibility index (Phi) is 46.4. The fraction of sp³-hybridized carbons (Fsp3) is 1.00. The van der Waals surface area contributed by atoms with E-state index in [1.807, 2.05) is 0 Å². The molecule has 0 atom stereocenters. The Morgan fingerprint density at radius 1 is 0.500 bits per heavy atom. The SMILES string of the molecule is ClC(Cl)Cl.ClC(Cl)Cl.ClC(Cl)Cl.ClC(Cl)Cl.OCC(Cl)(Cl)Cl. The van der Waals surface area contributed by atoms with E-state index in [1.54, 1.807) is 0 Å². The van der Waals surface area contributed by atoms with Crippen LogP contribution in [0.2, 0.25) is 0 Å². The number of halogens is 15. The molecule has 0 saturated carbocycles. The van der Waals surface area contributed by atoms with Crippen molar-refractivity contribution in [2.45, 2.75) is 21.0 Å². The zero-order valence-corrected chi connectivity index (χ0v) is 21.0. The van der Waals surface area contributed by atoms with Crippen molar-refractivity contribution in [3.63, 3.8) is 0 Å². The number of aliphatic hydroxyl groups is 1. The first-order valence-corrected chi connectivity index (χ1v) is 10.2. The van der Waals surface area contributed by atoms with Gasteiger partial charge in [0.2, 0.25) is 3.79 Å². The van der Waals surface area contributed by atoms with Crippen molar-refractivity contribution in [1.29, 1.82) is 0 Å². The van der Waals surface area contributed by atoms with E-state index in [1.165, 1.54) is 0 Å². The summed E-state index contributed by atoms with van der Waals surface area (Å²) in [5.41, 5.74) is 0. The van der Waals surface area contributed by atoms with Gasteiger partial charge in [-0.15, -0.1) is 0 Å². The van der Waals surface area contributed by atoms with Gasteiger partial charge in [0, 0.05) is 0 Å². The third-order valence-corrected chi connectivity index (χ3v) is 0.538. The Morgan fingerprint density at radius 3 is 0.545 bits per heavy atom. The molecule has 0 rings (SSSR count). The molecule has 0 aromatic carbocycles. The topological polar surface area (TPSA) is 20.2 Å². The summed E-state index contributed by atoms with van der Waals surface area (Å²) in [4.78, 5) is 0. The number of aliphatic hydroxyl groups excluding tert-OH is 1. The van der Waals surface area contributed by atoms with E-state index in [0.717, 1.165) is 0 Å². The van der Waals surface area contributed by atoms with E-state index in [0.29, 0.717) is 0 Å². The molecule has 0 unspecified atom stereocenters. The lowest BCUT2D eigenvalue weighted by atomic mass is 10.9. The van der Waals surface area contributed by atoms with Gasteiger partial charge >= 0.3 is 0 Å². The van der Waals surface area contributed by atoms with Crippen LogP contribution in [0, 0.1) is 0 Å². The van der Waals surface area contributed by atoms with Gasteiger partial charge in [-0.2, -0.15) is 0 Å². The first-order chi connectivity index (χ1) is 9.49. The number of alkyl halides is 15. The van der Waals surface area contributed by atoms with Gasteiger partial charge in [-0.05, 0) is 0 Å². The molecule has 22 heavy (non-hydrogen) atoms. The van der Waals surface area contributed by atoms with Crippen LogP contribution in [-0.4, -0.2) is 32.7 Å². The molecule has 0 amide bonds. The van der Waals surface area contributed by atoms with Gasteiger partial charge in [-0.1, -0.05) is 174 Å². The van der Waals surface area contributed by atoms with Crippen molar-refractivity contribution >= 4 is 174 Å². The molecule has 0 radical (unpaired) electrons. The standard InChI is InChI=1S/C2H3Cl3O.4CHCl3/c3-2(4,5)1-6;4*2-1(3)4/h6H,1H2;4*1H. The van der Waals surface area contributed by atoms with E-state index < -0.39 is 27.6 Å². The molecule has 0 spiro atoms. The first kappa shape index (κ1) is 37.1. The Bertz CT molecular complexity index is 133. The van der Waals surface area contributed by atoms with Crippen LogP contribution in [0.15, 0.2) is 0 Å². The molecular weight excluding hydrogens is 620 g/mol. The molecule has 0 heterocycles. The van der Waals surface area contributed by atoms with E-state index >= 15 is 0 Å². The lowest BCUT2D eigenvalue weighted by Crippen LogP contribution is -2.06. The van der Waals surface area contributed by atoms with Gasteiger partial charge in [-0.25, -0.2) is 0 Å². The van der Waals surface area contributed by atoms with Crippen molar-refractivity contribution < 1.29 is 5.11 Å². The normalized spacial score (nSPS) is 9.82. The average Bonchev–Trinajstić information content (AvgIpc) is 2.12. The largest absolute Gasteiger partial charge is 0.392 e. The van der Waals surface area contributed by atoms with Crippen LogP contribution >= 0.6 is 174 Å². The molecular formula is C6H7Cl15O. The highest BCUT2D eigenvalue weighted by Gasteiger charge is 2.16. The Morgan fingerprint density at radius 2 is 0.545 bits per heavy atom. The highest BCUT2D eigenvalue weighted by Crippen LogP contribution is 2.23. The Hall–Kier alpha value is 4.31. The maximum absolute atomic E-state index is 8.01. The van der Waals surface area contributed by atoms with Crippen LogP contribution in [0.1, 0.15) is 0 Å². The third kappa shape index (κ3) is 247. The van der Waals surface area contributed by atoms with Crippen molar-refractivity contribution in [1.82, 2.24) is 0 Å². The predicted octanol–water partition coefficient (Wildman–Crippen LogP) is 9.29. The summed E-state index contributed by atoms with van der Waals surface area (Å²) in [5, 5.41) is 8.01. The van der Waals surface area contributed by atoms with Crippen LogP contribution in [-0.2, 0) is 0 Å². The Labute approximate surface area is 204 Å². The molecule has 0 aromatic rings. The lowest BCUT2D eigenvalue weighted by molar-refractivity contribution is 0.303. The summed E-state index contributed by atoms with van der Waals surface area (Å²) >= 11 is 72.7. The maximum atomic E-state index is 8.01. The van der Waals surface area contributed by atoms with Gasteiger partial charge in [-0.3, -0.25) is 0 Å². The zero-order valence-electron chi connectivity index (χ0n) is 9.63. The van der Waals surface area contributed by atoms with Crippen LogP contribution < -0.4 is 0 Å². The summed E-state index contributed by atoms with van der Waals surface area (Å²) in [5.74, 6) is 0. The third-order valence-electron chi connectivity index (χ3n) is 0.179. The van der Waals surface area contributed by atoms with Crippen LogP contribution in [0.25, 0.3) is 0 Å². The summed E-state index contributed by atoms with van der Waals surface area (Å²) in [6.07, 6.45) is 0. The molecule has 0 bridgehead atoms. The van der Waals surface area contributed by atoms with E-state index in [-0.39, 0.29) is 0 Å².